The highest BCUT2D eigenvalue weighted by Gasteiger charge is 2.02. The standard InChI is InChI=1S/C16H20INS/c1-13-6-7-14-15(12-13)18-10-8-16(14)19-11-5-3-2-4-9-17/h6-8,10,12H,2-5,9,11H2,1H3. The molecule has 1 nitrogen and oxygen atoms in total. The zero-order valence-electron chi connectivity index (χ0n) is 11.4. The number of fused-ring (bicyclic) bond motifs is 1. The average Bonchev–Trinajstić information content (AvgIpc) is 2.42. The van der Waals surface area contributed by atoms with Crippen molar-refractivity contribution in [2.45, 2.75) is 37.5 Å². The Labute approximate surface area is 133 Å². The van der Waals surface area contributed by atoms with Crippen molar-refractivity contribution < 1.29 is 0 Å². The van der Waals surface area contributed by atoms with Gasteiger partial charge in [0.1, 0.15) is 0 Å². The molecule has 1 aromatic heterocycles. The number of hydrogen-bond donors (Lipinski definition) is 0. The Morgan fingerprint density at radius 1 is 1.11 bits per heavy atom. The molecule has 0 atom stereocenters. The van der Waals surface area contributed by atoms with Gasteiger partial charge in [0, 0.05) is 16.5 Å². The van der Waals surface area contributed by atoms with Crippen LogP contribution in [0.4, 0.5) is 0 Å². The van der Waals surface area contributed by atoms with Gasteiger partial charge in [-0.15, -0.1) is 11.8 Å². The largest absolute Gasteiger partial charge is 0.256 e. The van der Waals surface area contributed by atoms with Gasteiger partial charge in [0.15, 0.2) is 0 Å². The van der Waals surface area contributed by atoms with Crippen molar-refractivity contribution in [3.63, 3.8) is 0 Å². The predicted molar refractivity (Wildman–Crippen MR) is 94.6 cm³/mol. The molecule has 19 heavy (non-hydrogen) atoms. The zero-order valence-corrected chi connectivity index (χ0v) is 14.3. The second-order valence-electron chi connectivity index (χ2n) is 4.78. The Bertz CT molecular complexity index is 527. The van der Waals surface area contributed by atoms with Crippen LogP contribution in [0.2, 0.25) is 0 Å². The van der Waals surface area contributed by atoms with E-state index in [9.17, 15) is 0 Å². The fourth-order valence-electron chi connectivity index (χ4n) is 2.09. The van der Waals surface area contributed by atoms with Crippen LogP contribution in [0.1, 0.15) is 31.2 Å². The summed E-state index contributed by atoms with van der Waals surface area (Å²) in [6, 6.07) is 8.69. The number of thioether (sulfide) groups is 1. The zero-order chi connectivity index (χ0) is 13.5. The van der Waals surface area contributed by atoms with Crippen molar-refractivity contribution in [3.05, 3.63) is 36.0 Å². The van der Waals surface area contributed by atoms with Gasteiger partial charge in [-0.1, -0.05) is 47.6 Å². The van der Waals surface area contributed by atoms with Crippen LogP contribution in [-0.4, -0.2) is 15.2 Å². The first kappa shape index (κ1) is 15.1. The van der Waals surface area contributed by atoms with Gasteiger partial charge in [-0.25, -0.2) is 0 Å². The molecule has 0 saturated carbocycles. The number of alkyl halides is 1. The molecule has 3 heteroatoms. The van der Waals surface area contributed by atoms with E-state index in [0.717, 1.165) is 5.52 Å². The van der Waals surface area contributed by atoms with Crippen LogP contribution in [0.3, 0.4) is 0 Å². The summed E-state index contributed by atoms with van der Waals surface area (Å²) in [5, 5.41) is 1.30. The number of pyridine rings is 1. The number of benzene rings is 1. The molecule has 0 fully saturated rings. The Hall–Kier alpha value is -0.290. The third kappa shape index (κ3) is 4.63. The average molecular weight is 385 g/mol. The highest BCUT2D eigenvalue weighted by molar-refractivity contribution is 14.1. The molecule has 0 amide bonds. The number of nitrogens with zero attached hydrogens (tertiary/aromatic N) is 1. The monoisotopic (exact) mass is 385 g/mol. The Morgan fingerprint density at radius 2 is 1.95 bits per heavy atom. The first-order chi connectivity index (χ1) is 9.31. The predicted octanol–water partition coefficient (Wildman–Crippen LogP) is 5.63. The van der Waals surface area contributed by atoms with Gasteiger partial charge in [0.25, 0.3) is 0 Å². The lowest BCUT2D eigenvalue weighted by atomic mass is 10.1. The summed E-state index contributed by atoms with van der Waals surface area (Å²) in [6.45, 7) is 2.12. The molecular weight excluding hydrogens is 365 g/mol. The Balaban J connectivity index is 1.93. The normalized spacial score (nSPS) is 11.1. The molecule has 102 valence electrons. The van der Waals surface area contributed by atoms with Gasteiger partial charge in [0.2, 0.25) is 0 Å². The van der Waals surface area contributed by atoms with Crippen LogP contribution < -0.4 is 0 Å². The number of unbranched alkanes of at least 4 members (excludes halogenated alkanes) is 3. The number of hydrogen-bond acceptors (Lipinski definition) is 2. The van der Waals surface area contributed by atoms with Gasteiger partial charge in [-0.2, -0.15) is 0 Å². The summed E-state index contributed by atoms with van der Waals surface area (Å²) in [4.78, 5) is 5.83. The fraction of sp³-hybridized carbons (Fsp3) is 0.438. The molecule has 1 aromatic carbocycles. The SMILES string of the molecule is Cc1ccc2c(SCCCCCCI)ccnc2c1. The van der Waals surface area contributed by atoms with Crippen LogP contribution in [0.5, 0.6) is 0 Å². The molecule has 0 spiro atoms. The van der Waals surface area contributed by atoms with Crippen molar-refractivity contribution >= 4 is 45.3 Å². The van der Waals surface area contributed by atoms with E-state index in [0.29, 0.717) is 0 Å². The van der Waals surface area contributed by atoms with E-state index < -0.39 is 0 Å². The maximum atomic E-state index is 4.46. The molecule has 2 rings (SSSR count). The van der Waals surface area contributed by atoms with Gasteiger partial charge in [-0.3, -0.25) is 4.98 Å². The van der Waals surface area contributed by atoms with E-state index in [-0.39, 0.29) is 0 Å². The molecule has 0 bridgehead atoms. The van der Waals surface area contributed by atoms with Crippen molar-refractivity contribution in [2.75, 3.05) is 10.2 Å². The second kappa shape index (κ2) is 8.10. The molecule has 0 N–H and O–H groups in total. The van der Waals surface area contributed by atoms with Gasteiger partial charge in [0.05, 0.1) is 5.52 Å². The highest BCUT2D eigenvalue weighted by Crippen LogP contribution is 2.28. The van der Waals surface area contributed by atoms with E-state index in [1.165, 1.54) is 51.7 Å². The number of halogens is 1. The quantitative estimate of drug-likeness (QED) is 0.265. The Kier molecular flexibility index (Phi) is 6.44. The molecule has 0 aliphatic heterocycles. The number of aryl methyl sites for hydroxylation is 1. The lowest BCUT2D eigenvalue weighted by Crippen LogP contribution is -1.86. The van der Waals surface area contributed by atoms with E-state index >= 15 is 0 Å². The molecule has 0 unspecified atom stereocenters. The smallest absolute Gasteiger partial charge is 0.0715 e. The molecular formula is C16H20INS. The van der Waals surface area contributed by atoms with Crippen LogP contribution in [0, 0.1) is 6.92 Å². The molecule has 0 radical (unpaired) electrons. The topological polar surface area (TPSA) is 12.9 Å². The fourth-order valence-corrected chi connectivity index (χ4v) is 3.68. The van der Waals surface area contributed by atoms with Crippen LogP contribution >= 0.6 is 34.4 Å². The molecule has 1 heterocycles. The third-order valence-electron chi connectivity index (χ3n) is 3.14. The molecule has 2 aromatic rings. The first-order valence-electron chi connectivity index (χ1n) is 6.85. The van der Waals surface area contributed by atoms with E-state index in [1.54, 1.807) is 0 Å². The van der Waals surface area contributed by atoms with Crippen LogP contribution in [-0.2, 0) is 0 Å². The minimum absolute atomic E-state index is 1.12. The maximum Gasteiger partial charge on any atom is 0.0715 e. The van der Waals surface area contributed by atoms with Gasteiger partial charge in [-0.05, 0) is 47.6 Å². The van der Waals surface area contributed by atoms with Crippen molar-refractivity contribution in [3.8, 4) is 0 Å². The lowest BCUT2D eigenvalue weighted by Gasteiger charge is -2.06. The van der Waals surface area contributed by atoms with Crippen LogP contribution in [0.25, 0.3) is 10.9 Å². The molecule has 0 aliphatic carbocycles. The maximum absolute atomic E-state index is 4.46. The highest BCUT2D eigenvalue weighted by atomic mass is 127. The number of rotatable bonds is 7. The van der Waals surface area contributed by atoms with Gasteiger partial charge < -0.3 is 0 Å². The van der Waals surface area contributed by atoms with Gasteiger partial charge >= 0.3 is 0 Å². The summed E-state index contributed by atoms with van der Waals surface area (Å²) in [5.41, 5.74) is 2.40. The summed E-state index contributed by atoms with van der Waals surface area (Å²) in [5.74, 6) is 1.22. The van der Waals surface area contributed by atoms with E-state index in [4.69, 9.17) is 0 Å². The molecule has 0 saturated heterocycles. The summed E-state index contributed by atoms with van der Waals surface area (Å²) < 4.78 is 1.29. The van der Waals surface area contributed by atoms with Crippen LogP contribution in [0.15, 0.2) is 35.4 Å². The van der Waals surface area contributed by atoms with Crippen molar-refractivity contribution in [2.24, 2.45) is 0 Å². The van der Waals surface area contributed by atoms with E-state index in [1.807, 2.05) is 18.0 Å². The Morgan fingerprint density at radius 3 is 2.79 bits per heavy atom. The number of aromatic nitrogens is 1. The molecule has 0 aliphatic rings. The van der Waals surface area contributed by atoms with E-state index in [2.05, 4.69) is 58.8 Å². The second-order valence-corrected chi connectivity index (χ2v) is 7.00. The minimum atomic E-state index is 1.12. The van der Waals surface area contributed by atoms with Crippen molar-refractivity contribution in [1.29, 1.82) is 0 Å². The first-order valence-corrected chi connectivity index (χ1v) is 9.36. The summed E-state index contributed by atoms with van der Waals surface area (Å²) in [6.07, 6.45) is 7.35. The lowest BCUT2D eigenvalue weighted by molar-refractivity contribution is 0.715. The minimum Gasteiger partial charge on any atom is -0.256 e. The summed E-state index contributed by atoms with van der Waals surface area (Å²) in [7, 11) is 0. The summed E-state index contributed by atoms with van der Waals surface area (Å²) >= 11 is 4.43. The van der Waals surface area contributed by atoms with Crippen molar-refractivity contribution in [1.82, 2.24) is 4.98 Å². The third-order valence-corrected chi connectivity index (χ3v) is 5.07.